The van der Waals surface area contributed by atoms with Crippen molar-refractivity contribution in [3.8, 4) is 0 Å². The molecule has 59 valence electrons. The summed E-state index contributed by atoms with van der Waals surface area (Å²) in [5.41, 5.74) is 0. The van der Waals surface area contributed by atoms with Gasteiger partial charge in [0.05, 0.1) is 0 Å². The molecule has 1 radical (unpaired) electrons. The van der Waals surface area contributed by atoms with Crippen LogP contribution >= 0.6 is 0 Å². The minimum absolute atomic E-state index is 0. The fourth-order valence-electron chi connectivity index (χ4n) is 0.342. The van der Waals surface area contributed by atoms with Gasteiger partial charge in [-0.15, -0.1) is 0 Å². The van der Waals surface area contributed by atoms with E-state index in [0.29, 0.717) is 0 Å². The fraction of sp³-hybridized carbons (Fsp3) is 0. The maximum Gasteiger partial charge on any atom is 0.154 e. The molecule has 0 aliphatic heterocycles. The molecule has 0 atom stereocenters. The molecule has 0 aliphatic rings. The first-order valence-electron chi connectivity index (χ1n) is 2.48. The number of benzene rings is 1. The molecule has 0 heterocycles. The van der Waals surface area contributed by atoms with Gasteiger partial charge in [-0.2, -0.15) is 36.4 Å². The van der Waals surface area contributed by atoms with Crippen LogP contribution < -0.4 is 0 Å². The summed E-state index contributed by atoms with van der Waals surface area (Å²) in [4.78, 5) is 0. The molecule has 0 unspecified atom stereocenters. The third-order valence-electron chi connectivity index (χ3n) is 0.607. The molecule has 0 saturated heterocycles. The molecular formula is C7H5F3Y-2. The summed E-state index contributed by atoms with van der Waals surface area (Å²) in [5, 5.41) is 0. The summed E-state index contributed by atoms with van der Waals surface area (Å²) in [6.45, 7) is -3.08. The largest absolute Gasteiger partial charge is 0.385 e. The van der Waals surface area contributed by atoms with Gasteiger partial charge in [0.25, 0.3) is 0 Å². The van der Waals surface area contributed by atoms with Crippen molar-refractivity contribution < 1.29 is 45.9 Å². The number of rotatable bonds is 0. The normalized spacial score (nSPS) is 7.64. The average Bonchev–Trinajstić information content (AvgIpc) is 1.90. The van der Waals surface area contributed by atoms with Gasteiger partial charge in [-0.1, -0.05) is 0 Å². The molecule has 0 spiro atoms. The molecule has 0 amide bonds. The van der Waals surface area contributed by atoms with Crippen molar-refractivity contribution in [2.75, 3.05) is 0 Å². The second-order valence-electron chi connectivity index (χ2n) is 1.29. The van der Waals surface area contributed by atoms with Crippen molar-refractivity contribution in [2.24, 2.45) is 0 Å². The molecule has 1 aromatic rings. The smallest absolute Gasteiger partial charge is 0.154 e. The standard InChI is InChI=1S/C6H5.CF3.Y/c1-2-4-6-5-3-1;2-1(3)4;/h1-5H;;/q2*-1;. The average molecular weight is 235 g/mol. The number of hydrogen-bond donors (Lipinski definition) is 0. The maximum absolute atomic E-state index is 9.58. The van der Waals surface area contributed by atoms with Crippen LogP contribution in [0.2, 0.25) is 0 Å². The molecule has 0 nitrogen and oxygen atoms in total. The summed E-state index contributed by atoms with van der Waals surface area (Å²) in [6, 6.07) is 12.5. The Morgan fingerprint density at radius 1 is 0.909 bits per heavy atom. The summed E-state index contributed by atoms with van der Waals surface area (Å²) in [6.07, 6.45) is 0. The van der Waals surface area contributed by atoms with Crippen LogP contribution in [0.1, 0.15) is 0 Å². The Kier molecular flexibility index (Phi) is 12.6. The SMILES string of the molecule is F[C-](F)F.[Y].[c-]1ccccc1. The van der Waals surface area contributed by atoms with Gasteiger partial charge in [0.15, 0.2) is 6.68 Å². The zero-order valence-corrected chi connectivity index (χ0v) is 8.44. The molecule has 0 aliphatic carbocycles. The number of hydrogen-bond acceptors (Lipinski definition) is 0. The first kappa shape index (κ1) is 13.7. The minimum atomic E-state index is -3.08. The van der Waals surface area contributed by atoms with Crippen molar-refractivity contribution in [3.05, 3.63) is 43.1 Å². The van der Waals surface area contributed by atoms with Crippen molar-refractivity contribution in [1.82, 2.24) is 0 Å². The molecule has 4 heteroatoms. The molecule has 0 saturated carbocycles. The zero-order chi connectivity index (χ0) is 7.82. The van der Waals surface area contributed by atoms with Gasteiger partial charge in [-0.05, 0) is 0 Å². The van der Waals surface area contributed by atoms with E-state index in [1.54, 1.807) is 0 Å². The van der Waals surface area contributed by atoms with E-state index in [4.69, 9.17) is 0 Å². The Morgan fingerprint density at radius 2 is 1.27 bits per heavy atom. The van der Waals surface area contributed by atoms with Crippen LogP contribution in [0.5, 0.6) is 0 Å². The zero-order valence-electron chi connectivity index (χ0n) is 5.60. The van der Waals surface area contributed by atoms with E-state index in [2.05, 4.69) is 6.07 Å². The van der Waals surface area contributed by atoms with Gasteiger partial charge in [-0.3, -0.25) is 0 Å². The molecule has 1 rings (SSSR count). The first-order valence-corrected chi connectivity index (χ1v) is 2.48. The Morgan fingerprint density at radius 3 is 1.36 bits per heavy atom. The topological polar surface area (TPSA) is 0 Å². The van der Waals surface area contributed by atoms with Gasteiger partial charge in [-0.25, -0.2) is 0 Å². The Bertz CT molecular complexity index is 114. The predicted octanol–water partition coefficient (Wildman–Crippen LogP) is 2.83. The van der Waals surface area contributed by atoms with Crippen LogP contribution in [-0.4, -0.2) is 0 Å². The summed E-state index contributed by atoms with van der Waals surface area (Å²) < 4.78 is 28.8. The molecule has 0 aromatic heterocycles. The predicted molar refractivity (Wildman–Crippen MR) is 31.8 cm³/mol. The van der Waals surface area contributed by atoms with Crippen LogP contribution in [0, 0.1) is 12.7 Å². The Hall–Kier alpha value is 0.114. The summed E-state index contributed by atoms with van der Waals surface area (Å²) in [5.74, 6) is 0. The van der Waals surface area contributed by atoms with Crippen LogP contribution in [0.3, 0.4) is 0 Å². The van der Waals surface area contributed by atoms with E-state index in [-0.39, 0.29) is 32.7 Å². The van der Waals surface area contributed by atoms with E-state index in [1.807, 2.05) is 30.3 Å². The molecule has 0 fully saturated rings. The molecule has 1 aromatic carbocycles. The Labute approximate surface area is 88.7 Å². The van der Waals surface area contributed by atoms with E-state index in [1.165, 1.54) is 0 Å². The third-order valence-corrected chi connectivity index (χ3v) is 0.607. The molecule has 0 bridgehead atoms. The van der Waals surface area contributed by atoms with Crippen LogP contribution in [0.25, 0.3) is 0 Å². The second-order valence-corrected chi connectivity index (χ2v) is 1.29. The monoisotopic (exact) mass is 235 g/mol. The van der Waals surface area contributed by atoms with Crippen molar-refractivity contribution in [2.45, 2.75) is 0 Å². The third kappa shape index (κ3) is 17.8. The van der Waals surface area contributed by atoms with Gasteiger partial charge < -0.3 is 13.2 Å². The summed E-state index contributed by atoms with van der Waals surface area (Å²) >= 11 is 0. The molecule has 0 N–H and O–H groups in total. The van der Waals surface area contributed by atoms with Gasteiger partial charge in [0.1, 0.15) is 0 Å². The van der Waals surface area contributed by atoms with Crippen LogP contribution in [0.4, 0.5) is 13.2 Å². The fourth-order valence-corrected chi connectivity index (χ4v) is 0.342. The van der Waals surface area contributed by atoms with E-state index in [0.717, 1.165) is 0 Å². The van der Waals surface area contributed by atoms with E-state index in [9.17, 15) is 13.2 Å². The van der Waals surface area contributed by atoms with Crippen LogP contribution in [-0.2, 0) is 32.7 Å². The molecular weight excluding hydrogens is 230 g/mol. The van der Waals surface area contributed by atoms with Gasteiger partial charge in [0, 0.05) is 32.7 Å². The maximum atomic E-state index is 9.58. The van der Waals surface area contributed by atoms with Gasteiger partial charge >= 0.3 is 0 Å². The van der Waals surface area contributed by atoms with Crippen molar-refractivity contribution in [1.29, 1.82) is 0 Å². The summed E-state index contributed by atoms with van der Waals surface area (Å²) in [7, 11) is 0. The minimum Gasteiger partial charge on any atom is -0.385 e. The second kappa shape index (κ2) is 10.1. The van der Waals surface area contributed by atoms with Gasteiger partial charge in [0.2, 0.25) is 0 Å². The van der Waals surface area contributed by atoms with Crippen LogP contribution in [0.15, 0.2) is 30.3 Å². The quantitative estimate of drug-likeness (QED) is 0.606. The van der Waals surface area contributed by atoms with E-state index < -0.39 is 6.68 Å². The Balaban J connectivity index is 0. The van der Waals surface area contributed by atoms with Crippen molar-refractivity contribution in [3.63, 3.8) is 0 Å². The van der Waals surface area contributed by atoms with E-state index >= 15 is 0 Å². The number of halogens is 3. The first-order chi connectivity index (χ1) is 4.73. The molecule has 11 heavy (non-hydrogen) atoms. The van der Waals surface area contributed by atoms with Crippen molar-refractivity contribution >= 4 is 0 Å².